The van der Waals surface area contributed by atoms with Gasteiger partial charge in [-0.15, -0.1) is 0 Å². The molecule has 0 radical (unpaired) electrons. The summed E-state index contributed by atoms with van der Waals surface area (Å²) in [5.41, 5.74) is 0.821. The Bertz CT molecular complexity index is 545. The number of aromatic hydroxyl groups is 1. The minimum atomic E-state index is 0.278. The van der Waals surface area contributed by atoms with Gasteiger partial charge in [0.1, 0.15) is 5.75 Å². The van der Waals surface area contributed by atoms with E-state index in [4.69, 9.17) is 4.52 Å². The van der Waals surface area contributed by atoms with Crippen LogP contribution < -0.4 is 0 Å². The van der Waals surface area contributed by atoms with Crippen LogP contribution in [-0.4, -0.2) is 15.2 Å². The van der Waals surface area contributed by atoms with Crippen LogP contribution in [0.15, 0.2) is 28.8 Å². The maximum Gasteiger partial charge on any atom is 0.231 e. The van der Waals surface area contributed by atoms with Gasteiger partial charge in [0.2, 0.25) is 5.89 Å². The van der Waals surface area contributed by atoms with Gasteiger partial charge in [0.25, 0.3) is 0 Å². The van der Waals surface area contributed by atoms with Crippen molar-refractivity contribution in [2.75, 3.05) is 0 Å². The van der Waals surface area contributed by atoms with Gasteiger partial charge in [-0.3, -0.25) is 0 Å². The highest BCUT2D eigenvalue weighted by Gasteiger charge is 2.21. The first-order valence-electron chi connectivity index (χ1n) is 6.92. The lowest BCUT2D eigenvalue weighted by Gasteiger charge is -2.17. The summed E-state index contributed by atoms with van der Waals surface area (Å²) in [5.74, 6) is 2.16. The molecule has 1 N–H and O–H groups in total. The zero-order chi connectivity index (χ0) is 13.1. The van der Waals surface area contributed by atoms with E-state index in [1.807, 2.05) is 12.1 Å². The largest absolute Gasteiger partial charge is 0.508 e. The fourth-order valence-corrected chi connectivity index (χ4v) is 2.69. The fraction of sp³-hybridized carbons (Fsp3) is 0.467. The van der Waals surface area contributed by atoms with E-state index < -0.39 is 0 Å². The van der Waals surface area contributed by atoms with Crippen LogP contribution in [0.25, 0.3) is 0 Å². The van der Waals surface area contributed by atoms with Crippen LogP contribution in [0.1, 0.15) is 55.3 Å². The lowest BCUT2D eigenvalue weighted by atomic mass is 9.89. The van der Waals surface area contributed by atoms with Gasteiger partial charge >= 0.3 is 0 Å². The average molecular weight is 258 g/mol. The van der Waals surface area contributed by atoms with Crippen molar-refractivity contribution in [2.24, 2.45) is 0 Å². The first kappa shape index (κ1) is 12.2. The van der Waals surface area contributed by atoms with Crippen molar-refractivity contribution in [3.8, 4) is 5.75 Å². The van der Waals surface area contributed by atoms with E-state index in [1.54, 1.807) is 12.1 Å². The lowest BCUT2D eigenvalue weighted by Crippen LogP contribution is -2.06. The molecule has 19 heavy (non-hydrogen) atoms. The summed E-state index contributed by atoms with van der Waals surface area (Å²) in [6.07, 6.45) is 6.65. The molecule has 1 aromatic heterocycles. The highest BCUT2D eigenvalue weighted by Crippen LogP contribution is 2.31. The van der Waals surface area contributed by atoms with Gasteiger partial charge in [0.05, 0.1) is 6.42 Å². The van der Waals surface area contributed by atoms with Gasteiger partial charge in [-0.2, -0.15) is 4.98 Å². The van der Waals surface area contributed by atoms with E-state index in [0.29, 0.717) is 18.2 Å². The molecule has 0 saturated heterocycles. The molecule has 1 aliphatic carbocycles. The molecular weight excluding hydrogens is 240 g/mol. The number of rotatable bonds is 3. The molecule has 1 fully saturated rings. The predicted molar refractivity (Wildman–Crippen MR) is 71.0 cm³/mol. The Hall–Kier alpha value is -1.84. The molecule has 0 atom stereocenters. The third-order valence-electron chi connectivity index (χ3n) is 3.79. The molecule has 1 saturated carbocycles. The number of phenolic OH excluding ortho intramolecular Hbond substituents is 1. The molecule has 3 rings (SSSR count). The molecule has 0 unspecified atom stereocenters. The normalized spacial score (nSPS) is 16.6. The molecule has 2 aromatic rings. The molecule has 100 valence electrons. The first-order chi connectivity index (χ1) is 9.33. The van der Waals surface area contributed by atoms with E-state index in [0.717, 1.165) is 24.2 Å². The van der Waals surface area contributed by atoms with Gasteiger partial charge in [-0.05, 0) is 18.9 Å². The van der Waals surface area contributed by atoms with E-state index in [9.17, 15) is 5.11 Å². The number of aromatic nitrogens is 2. The van der Waals surface area contributed by atoms with Crippen LogP contribution in [0.4, 0.5) is 0 Å². The van der Waals surface area contributed by atoms with E-state index in [1.165, 1.54) is 19.3 Å². The molecule has 0 spiro atoms. The summed E-state index contributed by atoms with van der Waals surface area (Å²) < 4.78 is 5.30. The predicted octanol–water partition coefficient (Wildman–Crippen LogP) is 3.41. The highest BCUT2D eigenvalue weighted by molar-refractivity contribution is 5.33. The summed E-state index contributed by atoms with van der Waals surface area (Å²) in [4.78, 5) is 4.48. The molecule has 1 heterocycles. The molecule has 0 amide bonds. The molecule has 0 bridgehead atoms. The van der Waals surface area contributed by atoms with Gasteiger partial charge in [0.15, 0.2) is 5.82 Å². The van der Waals surface area contributed by atoms with Crippen LogP contribution in [0.2, 0.25) is 0 Å². The van der Waals surface area contributed by atoms with Crippen LogP contribution in [0, 0.1) is 0 Å². The number of benzene rings is 1. The fourth-order valence-electron chi connectivity index (χ4n) is 2.69. The Morgan fingerprint density at radius 3 is 2.74 bits per heavy atom. The Balaban J connectivity index is 1.73. The van der Waals surface area contributed by atoms with Gasteiger partial charge in [-0.1, -0.05) is 42.6 Å². The summed E-state index contributed by atoms with van der Waals surface area (Å²) in [7, 11) is 0. The second-order valence-corrected chi connectivity index (χ2v) is 5.19. The van der Waals surface area contributed by atoms with Crippen molar-refractivity contribution in [1.29, 1.82) is 0 Å². The zero-order valence-corrected chi connectivity index (χ0v) is 10.9. The van der Waals surface area contributed by atoms with Crippen molar-refractivity contribution in [3.63, 3.8) is 0 Å². The average Bonchev–Trinajstić information content (AvgIpc) is 2.91. The van der Waals surface area contributed by atoms with E-state index in [2.05, 4.69) is 10.1 Å². The third-order valence-corrected chi connectivity index (χ3v) is 3.79. The van der Waals surface area contributed by atoms with Crippen LogP contribution in [0.3, 0.4) is 0 Å². The lowest BCUT2D eigenvalue weighted by molar-refractivity contribution is 0.361. The third kappa shape index (κ3) is 2.78. The Kier molecular flexibility index (Phi) is 3.49. The quantitative estimate of drug-likeness (QED) is 0.916. The molecule has 0 aliphatic heterocycles. The van der Waals surface area contributed by atoms with Gasteiger partial charge < -0.3 is 9.63 Å². The van der Waals surface area contributed by atoms with Crippen molar-refractivity contribution in [2.45, 2.75) is 44.4 Å². The number of hydrogen-bond acceptors (Lipinski definition) is 4. The molecular formula is C15H18N2O2. The molecule has 4 heteroatoms. The number of nitrogens with zero attached hydrogens (tertiary/aromatic N) is 2. The second-order valence-electron chi connectivity index (χ2n) is 5.19. The van der Waals surface area contributed by atoms with Crippen LogP contribution in [0.5, 0.6) is 5.75 Å². The SMILES string of the molecule is Oc1ccccc1Cc1nc(C2CCCCC2)no1. The Morgan fingerprint density at radius 1 is 1.16 bits per heavy atom. The standard InChI is InChI=1S/C15H18N2O2/c18-13-9-5-4-8-12(13)10-14-16-15(17-19-14)11-6-2-1-3-7-11/h4-5,8-9,11,18H,1-3,6-7,10H2. The number of para-hydroxylation sites is 1. The Labute approximate surface area is 112 Å². The number of hydrogen-bond donors (Lipinski definition) is 1. The maximum atomic E-state index is 9.74. The Morgan fingerprint density at radius 2 is 1.95 bits per heavy atom. The van der Waals surface area contributed by atoms with Crippen molar-refractivity contribution in [1.82, 2.24) is 10.1 Å². The van der Waals surface area contributed by atoms with Crippen molar-refractivity contribution >= 4 is 0 Å². The number of phenols is 1. The van der Waals surface area contributed by atoms with Gasteiger partial charge in [-0.25, -0.2) is 0 Å². The first-order valence-corrected chi connectivity index (χ1v) is 6.92. The van der Waals surface area contributed by atoms with Crippen LogP contribution >= 0.6 is 0 Å². The summed E-state index contributed by atoms with van der Waals surface area (Å²) in [6.45, 7) is 0. The highest BCUT2D eigenvalue weighted by atomic mass is 16.5. The molecule has 4 nitrogen and oxygen atoms in total. The zero-order valence-electron chi connectivity index (χ0n) is 10.9. The monoisotopic (exact) mass is 258 g/mol. The van der Waals surface area contributed by atoms with E-state index in [-0.39, 0.29) is 5.75 Å². The molecule has 1 aromatic carbocycles. The maximum absolute atomic E-state index is 9.74. The summed E-state index contributed by atoms with van der Waals surface area (Å²) >= 11 is 0. The second kappa shape index (κ2) is 5.43. The topological polar surface area (TPSA) is 59.2 Å². The van der Waals surface area contributed by atoms with E-state index >= 15 is 0 Å². The van der Waals surface area contributed by atoms with Crippen molar-refractivity contribution in [3.05, 3.63) is 41.5 Å². The molecule has 1 aliphatic rings. The smallest absolute Gasteiger partial charge is 0.231 e. The minimum absolute atomic E-state index is 0.278. The van der Waals surface area contributed by atoms with Crippen LogP contribution in [-0.2, 0) is 6.42 Å². The summed E-state index contributed by atoms with van der Waals surface area (Å²) in [5, 5.41) is 13.8. The minimum Gasteiger partial charge on any atom is -0.508 e. The van der Waals surface area contributed by atoms with Gasteiger partial charge in [0, 0.05) is 11.5 Å². The summed E-state index contributed by atoms with van der Waals surface area (Å²) in [6, 6.07) is 7.25. The van der Waals surface area contributed by atoms with Crippen molar-refractivity contribution < 1.29 is 9.63 Å².